The van der Waals surface area contributed by atoms with Crippen molar-refractivity contribution in [2.24, 2.45) is 5.14 Å². The van der Waals surface area contributed by atoms with Crippen LogP contribution in [0.4, 0.5) is 9.18 Å². The highest BCUT2D eigenvalue weighted by Gasteiger charge is 2.07. The smallest absolute Gasteiger partial charge is 0.319 e. The minimum atomic E-state index is -3.73. The average molecular weight is 349 g/mol. The number of sulfonamides is 1. The molecule has 0 aliphatic heterocycles. The highest BCUT2D eigenvalue weighted by molar-refractivity contribution is 7.89. The summed E-state index contributed by atoms with van der Waals surface area (Å²) in [6.07, 6.45) is 2.77. The van der Waals surface area contributed by atoms with Crippen LogP contribution in [0.3, 0.4) is 0 Å². The third kappa shape index (κ3) is 5.18. The fourth-order valence-electron chi connectivity index (χ4n) is 1.85. The van der Waals surface area contributed by atoms with Crippen molar-refractivity contribution in [3.05, 3.63) is 71.7 Å². The van der Waals surface area contributed by atoms with E-state index in [0.29, 0.717) is 11.1 Å². The van der Waals surface area contributed by atoms with Crippen LogP contribution in [0.2, 0.25) is 0 Å². The van der Waals surface area contributed by atoms with Gasteiger partial charge in [0.1, 0.15) is 5.82 Å². The van der Waals surface area contributed by atoms with Crippen LogP contribution in [0.15, 0.2) is 59.6 Å². The molecule has 0 bridgehead atoms. The van der Waals surface area contributed by atoms with Gasteiger partial charge in [-0.3, -0.25) is 0 Å². The van der Waals surface area contributed by atoms with Crippen molar-refractivity contribution in [2.75, 3.05) is 0 Å². The Kier molecular flexibility index (Phi) is 5.67. The molecule has 4 N–H and O–H groups in total. The Bertz CT molecular complexity index is 849. The van der Waals surface area contributed by atoms with Gasteiger partial charge >= 0.3 is 6.03 Å². The number of halogens is 1. The molecule has 0 aromatic heterocycles. The van der Waals surface area contributed by atoms with Gasteiger partial charge in [-0.25, -0.2) is 22.7 Å². The van der Waals surface area contributed by atoms with Crippen molar-refractivity contribution in [2.45, 2.75) is 11.4 Å². The molecule has 126 valence electrons. The largest absolute Gasteiger partial charge is 0.334 e. The molecule has 0 unspecified atom stereocenters. The van der Waals surface area contributed by atoms with Gasteiger partial charge in [-0.2, -0.15) is 0 Å². The predicted molar refractivity (Wildman–Crippen MR) is 88.6 cm³/mol. The van der Waals surface area contributed by atoms with Gasteiger partial charge < -0.3 is 10.6 Å². The number of primary sulfonamides is 1. The number of hydrogen-bond acceptors (Lipinski definition) is 3. The molecule has 0 aliphatic rings. The van der Waals surface area contributed by atoms with E-state index in [1.165, 1.54) is 30.5 Å². The number of carbonyl (C=O) groups is 1. The first-order valence-electron chi connectivity index (χ1n) is 6.93. The molecule has 2 aromatic carbocycles. The maximum absolute atomic E-state index is 13.4. The second-order valence-electron chi connectivity index (χ2n) is 4.87. The van der Waals surface area contributed by atoms with Crippen molar-refractivity contribution in [3.8, 4) is 0 Å². The molecule has 2 aromatic rings. The SMILES string of the molecule is NS(=O)(=O)c1ccc(CNC(=O)N/C=C/c2ccccc2F)cc1. The summed E-state index contributed by atoms with van der Waals surface area (Å²) in [6.45, 7) is 0.199. The summed E-state index contributed by atoms with van der Waals surface area (Å²) < 4.78 is 35.6. The van der Waals surface area contributed by atoms with Crippen LogP contribution in [-0.2, 0) is 16.6 Å². The molecule has 0 atom stereocenters. The van der Waals surface area contributed by atoms with Gasteiger partial charge in [0.05, 0.1) is 4.90 Å². The zero-order valence-corrected chi connectivity index (χ0v) is 13.4. The number of urea groups is 1. The lowest BCUT2D eigenvalue weighted by atomic mass is 10.2. The molecule has 0 heterocycles. The second kappa shape index (κ2) is 7.71. The van der Waals surface area contributed by atoms with Gasteiger partial charge in [0.15, 0.2) is 0 Å². The molecule has 0 spiro atoms. The van der Waals surface area contributed by atoms with E-state index < -0.39 is 16.1 Å². The monoisotopic (exact) mass is 349 g/mol. The molecule has 0 saturated heterocycles. The summed E-state index contributed by atoms with van der Waals surface area (Å²) in [7, 11) is -3.73. The quantitative estimate of drug-likeness (QED) is 0.769. The Hall–Kier alpha value is -2.71. The third-order valence-electron chi connectivity index (χ3n) is 3.09. The van der Waals surface area contributed by atoms with Gasteiger partial charge in [0.25, 0.3) is 0 Å². The van der Waals surface area contributed by atoms with Crippen LogP contribution in [0.25, 0.3) is 6.08 Å². The molecular formula is C16H16FN3O3S. The number of nitrogens with two attached hydrogens (primary N) is 1. The summed E-state index contributed by atoms with van der Waals surface area (Å²) >= 11 is 0. The van der Waals surface area contributed by atoms with Crippen molar-refractivity contribution < 1.29 is 17.6 Å². The van der Waals surface area contributed by atoms with E-state index in [-0.39, 0.29) is 17.3 Å². The summed E-state index contributed by atoms with van der Waals surface area (Å²) in [5.74, 6) is -0.383. The van der Waals surface area contributed by atoms with Crippen LogP contribution >= 0.6 is 0 Å². The summed E-state index contributed by atoms with van der Waals surface area (Å²) in [4.78, 5) is 11.6. The van der Waals surface area contributed by atoms with E-state index in [9.17, 15) is 17.6 Å². The van der Waals surface area contributed by atoms with Crippen LogP contribution in [-0.4, -0.2) is 14.4 Å². The topological polar surface area (TPSA) is 101 Å². The Morgan fingerprint density at radius 1 is 1.12 bits per heavy atom. The minimum Gasteiger partial charge on any atom is -0.334 e. The van der Waals surface area contributed by atoms with Crippen LogP contribution in [0.1, 0.15) is 11.1 Å². The van der Waals surface area contributed by atoms with Gasteiger partial charge in [-0.05, 0) is 29.8 Å². The van der Waals surface area contributed by atoms with Crippen molar-refractivity contribution >= 4 is 22.1 Å². The van der Waals surface area contributed by atoms with Crippen molar-refractivity contribution in [3.63, 3.8) is 0 Å². The lowest BCUT2D eigenvalue weighted by molar-refractivity contribution is 0.244. The lowest BCUT2D eigenvalue weighted by Crippen LogP contribution is -2.31. The van der Waals surface area contributed by atoms with E-state index in [1.807, 2.05) is 0 Å². The minimum absolute atomic E-state index is 0.00326. The summed E-state index contributed by atoms with van der Waals surface area (Å²) in [6, 6.07) is 11.5. The number of hydrogen-bond donors (Lipinski definition) is 3. The first kappa shape index (κ1) is 17.6. The summed E-state index contributed by atoms with van der Waals surface area (Å²) in [5.41, 5.74) is 1.06. The molecule has 24 heavy (non-hydrogen) atoms. The van der Waals surface area contributed by atoms with E-state index in [1.54, 1.807) is 30.3 Å². The number of amides is 2. The van der Waals surface area contributed by atoms with Crippen LogP contribution in [0, 0.1) is 5.82 Å². The zero-order chi connectivity index (χ0) is 17.6. The van der Waals surface area contributed by atoms with Gasteiger partial charge in [-0.1, -0.05) is 30.3 Å². The maximum Gasteiger partial charge on any atom is 0.319 e. The third-order valence-corrected chi connectivity index (χ3v) is 4.02. The molecule has 6 nitrogen and oxygen atoms in total. The Morgan fingerprint density at radius 2 is 1.79 bits per heavy atom. The Morgan fingerprint density at radius 3 is 2.42 bits per heavy atom. The van der Waals surface area contributed by atoms with Gasteiger partial charge in [0.2, 0.25) is 10.0 Å². The number of nitrogens with one attached hydrogen (secondary N) is 2. The molecule has 0 fully saturated rings. The zero-order valence-electron chi connectivity index (χ0n) is 12.6. The van der Waals surface area contributed by atoms with Crippen molar-refractivity contribution in [1.29, 1.82) is 0 Å². The van der Waals surface area contributed by atoms with E-state index in [4.69, 9.17) is 5.14 Å². The predicted octanol–water partition coefficient (Wildman–Crippen LogP) is 1.94. The van der Waals surface area contributed by atoms with Gasteiger partial charge in [0, 0.05) is 18.3 Å². The number of rotatable bonds is 5. The molecule has 0 radical (unpaired) electrons. The lowest BCUT2D eigenvalue weighted by Gasteiger charge is -2.05. The Balaban J connectivity index is 1.84. The number of carbonyl (C=O) groups excluding carboxylic acids is 1. The maximum atomic E-state index is 13.4. The first-order valence-corrected chi connectivity index (χ1v) is 8.48. The number of benzene rings is 2. The first-order chi connectivity index (χ1) is 11.4. The molecule has 0 saturated carbocycles. The fraction of sp³-hybridized carbons (Fsp3) is 0.0625. The highest BCUT2D eigenvalue weighted by atomic mass is 32.2. The summed E-state index contributed by atoms with van der Waals surface area (Å²) in [5, 5.41) is 10.0. The van der Waals surface area contributed by atoms with Gasteiger partial charge in [-0.15, -0.1) is 0 Å². The second-order valence-corrected chi connectivity index (χ2v) is 6.43. The Labute approximate surface area is 139 Å². The molecule has 2 rings (SSSR count). The van der Waals surface area contributed by atoms with Crippen molar-refractivity contribution in [1.82, 2.24) is 10.6 Å². The van der Waals surface area contributed by atoms with Crippen LogP contribution < -0.4 is 15.8 Å². The molecule has 2 amide bonds. The van der Waals surface area contributed by atoms with E-state index in [2.05, 4.69) is 10.6 Å². The standard InChI is InChI=1S/C16H16FN3O3S/c17-15-4-2-1-3-13(15)9-10-19-16(21)20-11-12-5-7-14(8-6-12)24(18,22)23/h1-10H,11H2,(H2,18,22,23)(H2,19,20,21)/b10-9+. The normalized spacial score (nSPS) is 11.4. The van der Waals surface area contributed by atoms with Crippen LogP contribution in [0.5, 0.6) is 0 Å². The van der Waals surface area contributed by atoms with E-state index in [0.717, 1.165) is 0 Å². The molecule has 8 heteroatoms. The average Bonchev–Trinajstić information content (AvgIpc) is 2.54. The highest BCUT2D eigenvalue weighted by Crippen LogP contribution is 2.09. The molecular weight excluding hydrogens is 333 g/mol. The van der Waals surface area contributed by atoms with E-state index >= 15 is 0 Å². The molecule has 0 aliphatic carbocycles. The fourth-order valence-corrected chi connectivity index (χ4v) is 2.36.